The van der Waals surface area contributed by atoms with E-state index in [0.717, 1.165) is 28.0 Å². The van der Waals surface area contributed by atoms with Crippen molar-refractivity contribution >= 4 is 11.8 Å². The summed E-state index contributed by atoms with van der Waals surface area (Å²) in [5.41, 5.74) is 3.66. The van der Waals surface area contributed by atoms with E-state index in [1.165, 1.54) is 0 Å². The molecule has 28 heavy (non-hydrogen) atoms. The van der Waals surface area contributed by atoms with Gasteiger partial charge in [-0.25, -0.2) is 9.98 Å². The third-order valence-electron chi connectivity index (χ3n) is 4.83. The van der Waals surface area contributed by atoms with Crippen LogP contribution in [0.1, 0.15) is 38.8 Å². The van der Waals surface area contributed by atoms with Crippen LogP contribution in [0.5, 0.6) is 5.75 Å². The number of hydrogen-bond donors (Lipinski definition) is 0. The first kappa shape index (κ1) is 18.5. The molecular weight excluding hydrogens is 352 g/mol. The van der Waals surface area contributed by atoms with Gasteiger partial charge in [-0.05, 0) is 69.2 Å². The summed E-state index contributed by atoms with van der Waals surface area (Å²) in [5.74, 6) is 2.18. The van der Waals surface area contributed by atoms with E-state index >= 15 is 0 Å². The van der Waals surface area contributed by atoms with Crippen molar-refractivity contribution in [2.75, 3.05) is 20.3 Å². The predicted octanol–water partition coefficient (Wildman–Crippen LogP) is 4.47. The van der Waals surface area contributed by atoms with Crippen LogP contribution < -0.4 is 4.74 Å². The first-order valence-corrected chi connectivity index (χ1v) is 9.51. The van der Waals surface area contributed by atoms with Crippen LogP contribution in [-0.4, -0.2) is 43.2 Å². The molecule has 0 unspecified atom stereocenters. The maximum Gasteiger partial charge on any atom is 0.217 e. The van der Waals surface area contributed by atoms with Crippen molar-refractivity contribution in [2.45, 2.75) is 38.8 Å². The molecular formula is C23H26N2O3. The van der Waals surface area contributed by atoms with E-state index < -0.39 is 0 Å². The standard InChI is InChI=1S/C23H26N2O3/c1-22(2)13-27-20(24-22)16-8-6-15(7-9-16)19-12-17(26-5)10-11-18(19)21-25-23(3,4)14-28-21/h6-12H,13-14H2,1-5H3. The molecule has 0 atom stereocenters. The number of benzene rings is 2. The normalized spacial score (nSPS) is 19.5. The average molecular weight is 378 g/mol. The van der Waals surface area contributed by atoms with Gasteiger partial charge in [-0.3, -0.25) is 0 Å². The Morgan fingerprint density at radius 3 is 1.86 bits per heavy atom. The van der Waals surface area contributed by atoms with Gasteiger partial charge < -0.3 is 14.2 Å². The molecule has 0 N–H and O–H groups in total. The molecule has 2 aliphatic rings. The molecule has 2 aromatic rings. The van der Waals surface area contributed by atoms with Crippen molar-refractivity contribution in [3.63, 3.8) is 0 Å². The van der Waals surface area contributed by atoms with Gasteiger partial charge in [0, 0.05) is 11.1 Å². The van der Waals surface area contributed by atoms with Gasteiger partial charge in [-0.2, -0.15) is 0 Å². The summed E-state index contributed by atoms with van der Waals surface area (Å²) in [6.07, 6.45) is 0. The molecule has 0 bridgehead atoms. The third kappa shape index (κ3) is 3.61. The summed E-state index contributed by atoms with van der Waals surface area (Å²) in [4.78, 5) is 9.40. The first-order valence-electron chi connectivity index (χ1n) is 9.51. The number of ether oxygens (including phenoxy) is 3. The highest BCUT2D eigenvalue weighted by Crippen LogP contribution is 2.32. The lowest BCUT2D eigenvalue weighted by molar-refractivity contribution is 0.279. The zero-order valence-corrected chi connectivity index (χ0v) is 17.1. The SMILES string of the molecule is COc1ccc(C2=NC(C)(C)CO2)c(-c2ccc(C3=NC(C)(C)CO3)cc2)c1. The molecule has 0 aliphatic carbocycles. The van der Waals surface area contributed by atoms with E-state index in [2.05, 4.69) is 44.8 Å². The van der Waals surface area contributed by atoms with Crippen molar-refractivity contribution in [3.8, 4) is 16.9 Å². The predicted molar refractivity (Wildman–Crippen MR) is 112 cm³/mol. The maximum absolute atomic E-state index is 5.89. The summed E-state index contributed by atoms with van der Waals surface area (Å²) >= 11 is 0. The zero-order valence-electron chi connectivity index (χ0n) is 17.1. The number of rotatable bonds is 4. The zero-order chi connectivity index (χ0) is 19.9. The maximum atomic E-state index is 5.89. The largest absolute Gasteiger partial charge is 0.497 e. The minimum atomic E-state index is -0.207. The Kier molecular flexibility index (Phi) is 4.41. The summed E-state index contributed by atoms with van der Waals surface area (Å²) in [5, 5.41) is 0. The van der Waals surface area contributed by atoms with Gasteiger partial charge in [0.2, 0.25) is 11.8 Å². The van der Waals surface area contributed by atoms with E-state index in [1.807, 2.05) is 30.3 Å². The number of methoxy groups -OCH3 is 1. The number of nitrogens with zero attached hydrogens (tertiary/aromatic N) is 2. The van der Waals surface area contributed by atoms with Gasteiger partial charge in [0.05, 0.1) is 18.2 Å². The lowest BCUT2D eigenvalue weighted by Gasteiger charge is -2.12. The highest BCUT2D eigenvalue weighted by molar-refractivity contribution is 6.02. The Balaban J connectivity index is 1.72. The Morgan fingerprint density at radius 1 is 0.750 bits per heavy atom. The van der Waals surface area contributed by atoms with Crippen molar-refractivity contribution in [1.82, 2.24) is 0 Å². The molecule has 4 rings (SSSR count). The van der Waals surface area contributed by atoms with Gasteiger partial charge in [0.25, 0.3) is 0 Å². The average Bonchev–Trinajstić information content (AvgIpc) is 3.22. The van der Waals surface area contributed by atoms with Crippen molar-refractivity contribution in [3.05, 3.63) is 53.6 Å². The molecule has 0 fully saturated rings. The van der Waals surface area contributed by atoms with Crippen molar-refractivity contribution < 1.29 is 14.2 Å². The minimum absolute atomic E-state index is 0.168. The second-order valence-electron chi connectivity index (χ2n) is 8.52. The molecule has 0 saturated heterocycles. The molecule has 0 radical (unpaired) electrons. The van der Waals surface area contributed by atoms with Crippen molar-refractivity contribution in [1.29, 1.82) is 0 Å². The fraction of sp³-hybridized carbons (Fsp3) is 0.391. The highest BCUT2D eigenvalue weighted by Gasteiger charge is 2.29. The molecule has 5 nitrogen and oxygen atoms in total. The third-order valence-corrected chi connectivity index (χ3v) is 4.83. The van der Waals surface area contributed by atoms with E-state index in [9.17, 15) is 0 Å². The quantitative estimate of drug-likeness (QED) is 0.789. The van der Waals surface area contributed by atoms with Crippen LogP contribution in [0.25, 0.3) is 11.1 Å². The molecule has 2 aromatic carbocycles. The van der Waals surface area contributed by atoms with Crippen LogP contribution in [0.3, 0.4) is 0 Å². The molecule has 0 spiro atoms. The fourth-order valence-corrected chi connectivity index (χ4v) is 3.32. The van der Waals surface area contributed by atoms with E-state index in [0.29, 0.717) is 25.0 Å². The second-order valence-corrected chi connectivity index (χ2v) is 8.52. The van der Waals surface area contributed by atoms with E-state index in [4.69, 9.17) is 19.2 Å². The van der Waals surface area contributed by atoms with Crippen LogP contribution in [0.4, 0.5) is 0 Å². The molecule has 0 aromatic heterocycles. The van der Waals surface area contributed by atoms with Gasteiger partial charge >= 0.3 is 0 Å². The fourth-order valence-electron chi connectivity index (χ4n) is 3.32. The molecule has 146 valence electrons. The number of hydrogen-bond acceptors (Lipinski definition) is 5. The minimum Gasteiger partial charge on any atom is -0.497 e. The van der Waals surface area contributed by atoms with E-state index in [1.54, 1.807) is 7.11 Å². The number of aliphatic imine (C=N–C) groups is 2. The van der Waals surface area contributed by atoms with Crippen LogP contribution in [0.2, 0.25) is 0 Å². The van der Waals surface area contributed by atoms with Crippen LogP contribution >= 0.6 is 0 Å². The van der Waals surface area contributed by atoms with Gasteiger partial charge in [0.15, 0.2) is 0 Å². The molecule has 2 aliphatic heterocycles. The van der Waals surface area contributed by atoms with Gasteiger partial charge in [-0.1, -0.05) is 12.1 Å². The Bertz CT molecular complexity index is 956. The summed E-state index contributed by atoms with van der Waals surface area (Å²) in [6, 6.07) is 14.2. The molecule has 5 heteroatoms. The lowest BCUT2D eigenvalue weighted by Crippen LogP contribution is -2.17. The van der Waals surface area contributed by atoms with Crippen LogP contribution in [-0.2, 0) is 9.47 Å². The summed E-state index contributed by atoms with van der Waals surface area (Å²) < 4.78 is 17.1. The second kappa shape index (κ2) is 6.66. The summed E-state index contributed by atoms with van der Waals surface area (Å²) in [6.45, 7) is 9.47. The van der Waals surface area contributed by atoms with E-state index in [-0.39, 0.29) is 11.1 Å². The van der Waals surface area contributed by atoms with Crippen molar-refractivity contribution in [2.24, 2.45) is 9.98 Å². The Labute approximate surface area is 166 Å². The van der Waals surface area contributed by atoms with Gasteiger partial charge in [-0.15, -0.1) is 0 Å². The summed E-state index contributed by atoms with van der Waals surface area (Å²) in [7, 11) is 1.67. The Hall–Kier alpha value is -2.82. The topological polar surface area (TPSA) is 52.4 Å². The molecule has 0 saturated carbocycles. The Morgan fingerprint density at radius 2 is 1.32 bits per heavy atom. The first-order chi connectivity index (χ1) is 13.3. The monoisotopic (exact) mass is 378 g/mol. The van der Waals surface area contributed by atoms with Gasteiger partial charge in [0.1, 0.15) is 19.0 Å². The molecule has 2 heterocycles. The lowest BCUT2D eigenvalue weighted by atomic mass is 9.98. The van der Waals surface area contributed by atoms with Crippen LogP contribution in [0.15, 0.2) is 52.4 Å². The molecule has 0 amide bonds. The smallest absolute Gasteiger partial charge is 0.217 e. The van der Waals surface area contributed by atoms with Crippen LogP contribution in [0, 0.1) is 0 Å². The highest BCUT2D eigenvalue weighted by atomic mass is 16.5.